The molecule has 1 aliphatic heterocycles. The van der Waals surface area contributed by atoms with Crippen LogP contribution in [-0.2, 0) is 9.53 Å². The third-order valence-electron chi connectivity index (χ3n) is 4.39. The minimum atomic E-state index is -0.00351. The summed E-state index contributed by atoms with van der Waals surface area (Å²) in [7, 11) is 0. The van der Waals surface area contributed by atoms with E-state index in [-0.39, 0.29) is 11.9 Å². The highest BCUT2D eigenvalue weighted by atomic mass is 32.1. The van der Waals surface area contributed by atoms with Crippen LogP contribution in [0.3, 0.4) is 0 Å². The average Bonchev–Trinajstić information content (AvgIpc) is 3.06. The molecule has 1 aliphatic rings. The Labute approximate surface area is 156 Å². The summed E-state index contributed by atoms with van der Waals surface area (Å²) in [6.45, 7) is 4.19. The Balaban J connectivity index is 1.43. The SMILES string of the molecule is Cc1ccc2nc(-c3ccc(NC(=O)CC4COCCN4)cc3)sc2c1. The first kappa shape index (κ1) is 17.1. The second-order valence-corrected chi connectivity index (χ2v) is 7.58. The molecule has 1 saturated heterocycles. The van der Waals surface area contributed by atoms with Crippen LogP contribution in [0.1, 0.15) is 12.0 Å². The monoisotopic (exact) mass is 367 g/mol. The fraction of sp³-hybridized carbons (Fsp3) is 0.300. The van der Waals surface area contributed by atoms with Crippen LogP contribution >= 0.6 is 11.3 Å². The number of hydrogen-bond acceptors (Lipinski definition) is 5. The van der Waals surface area contributed by atoms with Gasteiger partial charge < -0.3 is 15.4 Å². The molecule has 1 aromatic heterocycles. The van der Waals surface area contributed by atoms with E-state index in [1.54, 1.807) is 11.3 Å². The highest BCUT2D eigenvalue weighted by Crippen LogP contribution is 2.31. The summed E-state index contributed by atoms with van der Waals surface area (Å²) in [6.07, 6.45) is 0.416. The summed E-state index contributed by atoms with van der Waals surface area (Å²) in [6, 6.07) is 14.2. The maximum absolute atomic E-state index is 12.2. The number of carbonyl (C=O) groups excluding carboxylic acids is 1. The second kappa shape index (κ2) is 7.53. The Kier molecular flexibility index (Phi) is 4.97. The first-order valence-corrected chi connectivity index (χ1v) is 9.58. The zero-order valence-corrected chi connectivity index (χ0v) is 15.4. The molecule has 26 heavy (non-hydrogen) atoms. The average molecular weight is 367 g/mol. The quantitative estimate of drug-likeness (QED) is 0.740. The maximum atomic E-state index is 12.2. The smallest absolute Gasteiger partial charge is 0.226 e. The number of aryl methyl sites for hydroxylation is 1. The van der Waals surface area contributed by atoms with Crippen molar-refractivity contribution >= 4 is 33.1 Å². The van der Waals surface area contributed by atoms with Crippen molar-refractivity contribution in [3.63, 3.8) is 0 Å². The third-order valence-corrected chi connectivity index (χ3v) is 5.46. The van der Waals surface area contributed by atoms with Gasteiger partial charge in [0.1, 0.15) is 5.01 Å². The number of anilines is 1. The first-order chi connectivity index (χ1) is 12.7. The number of fused-ring (bicyclic) bond motifs is 1. The molecular formula is C20H21N3O2S. The topological polar surface area (TPSA) is 63.2 Å². The highest BCUT2D eigenvalue weighted by molar-refractivity contribution is 7.21. The Morgan fingerprint density at radius 3 is 2.92 bits per heavy atom. The number of carbonyl (C=O) groups is 1. The Morgan fingerprint density at radius 1 is 1.31 bits per heavy atom. The summed E-state index contributed by atoms with van der Waals surface area (Å²) in [5.74, 6) is -0.00351. The molecule has 1 atom stereocenters. The number of nitrogens with zero attached hydrogens (tertiary/aromatic N) is 1. The van der Waals surface area contributed by atoms with Crippen molar-refractivity contribution in [3.8, 4) is 10.6 Å². The van der Waals surface area contributed by atoms with E-state index in [1.165, 1.54) is 10.3 Å². The molecule has 3 aromatic rings. The lowest BCUT2D eigenvalue weighted by atomic mass is 10.1. The van der Waals surface area contributed by atoms with E-state index in [0.29, 0.717) is 19.6 Å². The van der Waals surface area contributed by atoms with E-state index in [9.17, 15) is 4.79 Å². The van der Waals surface area contributed by atoms with Crippen LogP contribution in [0.5, 0.6) is 0 Å². The molecule has 5 nitrogen and oxygen atoms in total. The van der Waals surface area contributed by atoms with Crippen LogP contribution in [0, 0.1) is 6.92 Å². The molecule has 2 N–H and O–H groups in total. The van der Waals surface area contributed by atoms with Crippen molar-refractivity contribution in [2.45, 2.75) is 19.4 Å². The minimum absolute atomic E-state index is 0.00351. The minimum Gasteiger partial charge on any atom is -0.378 e. The van der Waals surface area contributed by atoms with Gasteiger partial charge in [-0.05, 0) is 48.9 Å². The van der Waals surface area contributed by atoms with Gasteiger partial charge in [0.25, 0.3) is 0 Å². The van der Waals surface area contributed by atoms with Gasteiger partial charge in [-0.2, -0.15) is 0 Å². The molecule has 0 bridgehead atoms. The number of amides is 1. The Morgan fingerprint density at radius 2 is 2.15 bits per heavy atom. The van der Waals surface area contributed by atoms with E-state index < -0.39 is 0 Å². The highest BCUT2D eigenvalue weighted by Gasteiger charge is 2.17. The lowest BCUT2D eigenvalue weighted by molar-refractivity contribution is -0.117. The number of hydrogen-bond donors (Lipinski definition) is 2. The number of morpholine rings is 1. The van der Waals surface area contributed by atoms with Crippen LogP contribution < -0.4 is 10.6 Å². The molecule has 0 aliphatic carbocycles. The summed E-state index contributed by atoms with van der Waals surface area (Å²) >= 11 is 1.69. The summed E-state index contributed by atoms with van der Waals surface area (Å²) in [5, 5.41) is 7.23. The van der Waals surface area contributed by atoms with Crippen LogP contribution in [0.15, 0.2) is 42.5 Å². The van der Waals surface area contributed by atoms with E-state index >= 15 is 0 Å². The summed E-state index contributed by atoms with van der Waals surface area (Å²) in [5.41, 5.74) is 4.12. The summed E-state index contributed by atoms with van der Waals surface area (Å²) in [4.78, 5) is 16.9. The number of rotatable bonds is 4. The standard InChI is InChI=1S/C20H21N3O2S/c1-13-2-7-17-18(10-13)26-20(23-17)14-3-5-15(6-4-14)22-19(24)11-16-12-25-9-8-21-16/h2-7,10,16,21H,8-9,11-12H2,1H3,(H,22,24). The maximum Gasteiger partial charge on any atom is 0.226 e. The zero-order valence-electron chi connectivity index (χ0n) is 14.6. The van der Waals surface area contributed by atoms with Crippen LogP contribution in [0.2, 0.25) is 0 Å². The van der Waals surface area contributed by atoms with Gasteiger partial charge in [0, 0.05) is 30.3 Å². The number of thiazole rings is 1. The van der Waals surface area contributed by atoms with Gasteiger partial charge in [-0.3, -0.25) is 4.79 Å². The lowest BCUT2D eigenvalue weighted by Crippen LogP contribution is -2.43. The van der Waals surface area contributed by atoms with Crippen molar-refractivity contribution in [3.05, 3.63) is 48.0 Å². The van der Waals surface area contributed by atoms with E-state index in [0.717, 1.165) is 28.3 Å². The van der Waals surface area contributed by atoms with Crippen molar-refractivity contribution in [2.75, 3.05) is 25.1 Å². The van der Waals surface area contributed by atoms with Crippen molar-refractivity contribution < 1.29 is 9.53 Å². The predicted molar refractivity (Wildman–Crippen MR) is 106 cm³/mol. The largest absolute Gasteiger partial charge is 0.378 e. The second-order valence-electron chi connectivity index (χ2n) is 6.55. The van der Waals surface area contributed by atoms with Crippen molar-refractivity contribution in [2.24, 2.45) is 0 Å². The fourth-order valence-corrected chi connectivity index (χ4v) is 4.11. The number of ether oxygens (including phenoxy) is 1. The van der Waals surface area contributed by atoms with E-state index in [4.69, 9.17) is 9.72 Å². The van der Waals surface area contributed by atoms with Gasteiger partial charge in [-0.1, -0.05) is 6.07 Å². The number of aromatic nitrogens is 1. The molecule has 0 radical (unpaired) electrons. The molecule has 2 heterocycles. The molecule has 6 heteroatoms. The van der Waals surface area contributed by atoms with Gasteiger partial charge in [-0.15, -0.1) is 11.3 Å². The fourth-order valence-electron chi connectivity index (χ4n) is 3.04. The van der Waals surface area contributed by atoms with Crippen LogP contribution in [-0.4, -0.2) is 36.7 Å². The van der Waals surface area contributed by atoms with Crippen LogP contribution in [0.4, 0.5) is 5.69 Å². The van der Waals surface area contributed by atoms with Gasteiger partial charge in [0.15, 0.2) is 0 Å². The summed E-state index contributed by atoms with van der Waals surface area (Å²) < 4.78 is 6.58. The molecule has 0 spiro atoms. The molecule has 0 saturated carbocycles. The van der Waals surface area contributed by atoms with Gasteiger partial charge in [0.2, 0.25) is 5.91 Å². The van der Waals surface area contributed by atoms with E-state index in [2.05, 4.69) is 35.8 Å². The molecule has 2 aromatic carbocycles. The molecule has 1 unspecified atom stereocenters. The third kappa shape index (κ3) is 3.93. The lowest BCUT2D eigenvalue weighted by Gasteiger charge is -2.23. The Hall–Kier alpha value is -2.28. The van der Waals surface area contributed by atoms with Gasteiger partial charge in [-0.25, -0.2) is 4.98 Å². The van der Waals surface area contributed by atoms with E-state index in [1.807, 2.05) is 24.3 Å². The molecule has 4 rings (SSSR count). The normalized spacial score (nSPS) is 17.3. The molecule has 1 amide bonds. The van der Waals surface area contributed by atoms with Gasteiger partial charge in [0.05, 0.1) is 23.4 Å². The molecule has 1 fully saturated rings. The van der Waals surface area contributed by atoms with Crippen molar-refractivity contribution in [1.82, 2.24) is 10.3 Å². The van der Waals surface area contributed by atoms with Gasteiger partial charge >= 0.3 is 0 Å². The molecular weight excluding hydrogens is 346 g/mol. The Bertz CT molecular complexity index is 914. The number of benzene rings is 2. The number of nitrogens with one attached hydrogen (secondary N) is 2. The zero-order chi connectivity index (χ0) is 17.9. The first-order valence-electron chi connectivity index (χ1n) is 8.76. The van der Waals surface area contributed by atoms with Crippen molar-refractivity contribution in [1.29, 1.82) is 0 Å². The molecule has 134 valence electrons. The predicted octanol–water partition coefficient (Wildman–Crippen LogP) is 3.59. The van der Waals surface area contributed by atoms with Crippen LogP contribution in [0.25, 0.3) is 20.8 Å².